The maximum Gasteiger partial charge on any atom is 0.317 e. The number of aliphatic carboxylic acids is 1. The Labute approximate surface area is 322 Å². The molecule has 1 fully saturated rings. The molecule has 2 aromatic carbocycles. The van der Waals surface area contributed by atoms with Gasteiger partial charge in [0.1, 0.15) is 5.82 Å². The molecule has 1 aromatic heterocycles. The summed E-state index contributed by atoms with van der Waals surface area (Å²) in [5.41, 5.74) is 4.64. The molecule has 0 radical (unpaired) electrons. The van der Waals surface area contributed by atoms with E-state index < -0.39 is 5.97 Å². The number of amides is 1. The van der Waals surface area contributed by atoms with Crippen LogP contribution in [-0.4, -0.2) is 102 Å². The lowest BCUT2D eigenvalue weighted by atomic mass is 9.92. The molecule has 1 amide bonds. The predicted octanol–water partition coefficient (Wildman–Crippen LogP) is 9.21. The zero-order chi connectivity index (χ0) is 40.7. The number of nitrogens with zero attached hydrogens (tertiary/aromatic N) is 6. The molecule has 0 atom stereocenters. The van der Waals surface area contributed by atoms with Gasteiger partial charge in [-0.05, 0) is 62.9 Å². The fourth-order valence-corrected chi connectivity index (χ4v) is 5.18. The van der Waals surface area contributed by atoms with Gasteiger partial charge < -0.3 is 19.8 Å². The minimum atomic E-state index is -0.787. The molecule has 3 aromatic rings. The van der Waals surface area contributed by atoms with Gasteiger partial charge in [-0.15, -0.1) is 19.7 Å². The summed E-state index contributed by atoms with van der Waals surface area (Å²) in [6.45, 7) is 35.4. The Hall–Kier alpha value is -4.50. The quantitative estimate of drug-likeness (QED) is 0.195. The number of benzene rings is 2. The first-order chi connectivity index (χ1) is 25.0. The van der Waals surface area contributed by atoms with E-state index in [4.69, 9.17) is 15.1 Å². The summed E-state index contributed by atoms with van der Waals surface area (Å²) in [6, 6.07) is 16.8. The van der Waals surface area contributed by atoms with Crippen molar-refractivity contribution in [1.82, 2.24) is 24.7 Å². The van der Waals surface area contributed by atoms with Gasteiger partial charge in [0, 0.05) is 62.8 Å². The molecule has 0 aliphatic carbocycles. The summed E-state index contributed by atoms with van der Waals surface area (Å²) in [5.74, 6) is 1.96. The van der Waals surface area contributed by atoms with E-state index in [0.717, 1.165) is 66.6 Å². The van der Waals surface area contributed by atoms with Crippen molar-refractivity contribution in [2.24, 2.45) is 11.3 Å². The third kappa shape index (κ3) is 19.2. The van der Waals surface area contributed by atoms with E-state index in [1.165, 1.54) is 17.7 Å². The van der Waals surface area contributed by atoms with E-state index in [-0.39, 0.29) is 17.9 Å². The third-order valence-electron chi connectivity index (χ3n) is 7.86. The average molecular weight is 731 g/mol. The molecule has 9 nitrogen and oxygen atoms in total. The van der Waals surface area contributed by atoms with Crippen molar-refractivity contribution in [2.45, 2.75) is 74.7 Å². The van der Waals surface area contributed by atoms with Gasteiger partial charge in [0.2, 0.25) is 5.91 Å². The number of allylic oxidation sites excluding steroid dienone is 1. The molecule has 0 bridgehead atoms. The minimum Gasteiger partial charge on any atom is -0.480 e. The van der Waals surface area contributed by atoms with Crippen molar-refractivity contribution in [3.63, 3.8) is 0 Å². The first-order valence-corrected chi connectivity index (χ1v) is 18.7. The zero-order valence-corrected chi connectivity index (χ0v) is 34.9. The predicted molar refractivity (Wildman–Crippen MR) is 227 cm³/mol. The summed E-state index contributed by atoms with van der Waals surface area (Å²) < 4.78 is 0. The second-order valence-electron chi connectivity index (χ2n) is 14.7. The van der Waals surface area contributed by atoms with Crippen molar-refractivity contribution in [2.75, 3.05) is 65.3 Å². The first kappa shape index (κ1) is 48.5. The number of carboxylic acid groups (broad SMARTS) is 1. The molecule has 0 spiro atoms. The van der Waals surface area contributed by atoms with Crippen LogP contribution in [0.5, 0.6) is 0 Å². The molecule has 294 valence electrons. The number of fused-ring (bicyclic) bond motifs is 1. The van der Waals surface area contributed by atoms with Gasteiger partial charge in [0.15, 0.2) is 5.82 Å². The van der Waals surface area contributed by atoms with Crippen LogP contribution in [0, 0.1) is 18.3 Å². The highest BCUT2D eigenvalue weighted by atomic mass is 16.4. The van der Waals surface area contributed by atoms with Gasteiger partial charge >= 0.3 is 5.97 Å². The molecule has 1 N–H and O–H groups in total. The maximum atomic E-state index is 11.4. The topological polar surface area (TPSA) is 93.1 Å². The fraction of sp³-hybridized carbons (Fsp3) is 0.500. The van der Waals surface area contributed by atoms with Gasteiger partial charge in [-0.3, -0.25) is 14.5 Å². The summed E-state index contributed by atoms with van der Waals surface area (Å²) in [6.07, 6.45) is 4.62. The van der Waals surface area contributed by atoms with E-state index in [1.807, 2.05) is 32.0 Å². The van der Waals surface area contributed by atoms with Crippen LogP contribution in [-0.2, 0) is 9.59 Å². The molecular weight excluding hydrogens is 661 g/mol. The number of aromatic nitrogens is 2. The number of hydrogen-bond acceptors (Lipinski definition) is 7. The number of carboxylic acids is 1. The number of aryl methyl sites for hydroxylation is 1. The van der Waals surface area contributed by atoms with Crippen LogP contribution in [0.3, 0.4) is 0 Å². The Morgan fingerprint density at radius 3 is 2.02 bits per heavy atom. The van der Waals surface area contributed by atoms with Gasteiger partial charge in [-0.1, -0.05) is 97.5 Å². The van der Waals surface area contributed by atoms with E-state index >= 15 is 0 Å². The number of carbonyl (C=O) groups is 2. The van der Waals surface area contributed by atoms with Crippen molar-refractivity contribution in [3.8, 4) is 11.4 Å². The molecule has 53 heavy (non-hydrogen) atoms. The van der Waals surface area contributed by atoms with E-state index in [9.17, 15) is 9.59 Å². The second-order valence-corrected chi connectivity index (χ2v) is 14.7. The van der Waals surface area contributed by atoms with Gasteiger partial charge in [0.25, 0.3) is 0 Å². The smallest absolute Gasteiger partial charge is 0.317 e. The van der Waals surface area contributed by atoms with Crippen LogP contribution in [0.15, 0.2) is 86.6 Å². The van der Waals surface area contributed by atoms with E-state index in [1.54, 1.807) is 37.0 Å². The lowest BCUT2D eigenvalue weighted by molar-refractivity contribution is -0.137. The van der Waals surface area contributed by atoms with Crippen LogP contribution in [0.4, 0.5) is 5.82 Å². The van der Waals surface area contributed by atoms with Gasteiger partial charge in [-0.25, -0.2) is 9.97 Å². The van der Waals surface area contributed by atoms with Crippen molar-refractivity contribution >= 4 is 28.6 Å². The van der Waals surface area contributed by atoms with Crippen LogP contribution in [0.2, 0.25) is 0 Å². The second kappa shape index (κ2) is 25.5. The summed E-state index contributed by atoms with van der Waals surface area (Å²) in [7, 11) is 5.23. The molecule has 9 heteroatoms. The highest BCUT2D eigenvalue weighted by molar-refractivity contribution is 5.91. The Bertz CT molecular complexity index is 1520. The van der Waals surface area contributed by atoms with Crippen molar-refractivity contribution in [1.29, 1.82) is 0 Å². The third-order valence-corrected chi connectivity index (χ3v) is 7.86. The number of rotatable bonds is 11. The van der Waals surface area contributed by atoms with Crippen molar-refractivity contribution in [3.05, 3.63) is 92.2 Å². The van der Waals surface area contributed by atoms with E-state index in [2.05, 4.69) is 108 Å². The molecule has 4 rings (SSSR count). The molecular formula is C44H70N6O3. The fourth-order valence-electron chi connectivity index (χ4n) is 5.18. The van der Waals surface area contributed by atoms with Crippen LogP contribution >= 0.6 is 0 Å². The number of likely N-dealkylation sites (N-methyl/N-ethyl adjacent to an activating group) is 2. The molecule has 1 aliphatic heterocycles. The molecule has 2 heterocycles. The van der Waals surface area contributed by atoms with Crippen LogP contribution < -0.4 is 4.90 Å². The Balaban J connectivity index is 0.000000974. The maximum absolute atomic E-state index is 11.4. The lowest BCUT2D eigenvalue weighted by Crippen LogP contribution is -2.46. The minimum absolute atomic E-state index is 0.0759. The highest BCUT2D eigenvalue weighted by Crippen LogP contribution is 2.29. The van der Waals surface area contributed by atoms with Gasteiger partial charge in [0.05, 0.1) is 12.1 Å². The number of carbonyl (C=O) groups excluding carboxylic acids is 1. The molecule has 0 saturated carbocycles. The van der Waals surface area contributed by atoms with E-state index in [0.29, 0.717) is 13.0 Å². The monoisotopic (exact) mass is 731 g/mol. The standard InChI is InChI=1S/C26H32N4.C10H19NO.C4H9NO2.C2H6.C2H4/c1-19(2)10-12-21(4)29-14-16-30(17-15-29)26-23-13-11-20(3)18-24(23)27-25(28-26)22-8-6-5-7-9-22;1-6-7-11(5)9(12)8-10(2,3)4;1-5(2)3-4(6)7;2*1-2/h5-9,11,13,18-19H,4,10,12,14-17H2,1-3H3;6H,1,7-8H2,2-5H3;3H2,1-2H3,(H,6,7);1-2H3;1-2H2. The summed E-state index contributed by atoms with van der Waals surface area (Å²) in [5, 5.41) is 9.17. The molecule has 0 unspecified atom stereocenters. The number of hydrogen-bond donors (Lipinski definition) is 1. The highest BCUT2D eigenvalue weighted by Gasteiger charge is 2.22. The number of piperazine rings is 1. The largest absolute Gasteiger partial charge is 0.480 e. The van der Waals surface area contributed by atoms with Crippen LogP contribution in [0.25, 0.3) is 22.3 Å². The van der Waals surface area contributed by atoms with Crippen molar-refractivity contribution < 1.29 is 14.7 Å². The first-order valence-electron chi connectivity index (χ1n) is 18.7. The van der Waals surface area contributed by atoms with Crippen LogP contribution in [0.1, 0.15) is 73.3 Å². The average Bonchev–Trinajstić information content (AvgIpc) is 3.11. The number of anilines is 1. The molecule has 1 saturated heterocycles. The Morgan fingerprint density at radius 2 is 1.55 bits per heavy atom. The molecule has 1 aliphatic rings. The Morgan fingerprint density at radius 1 is 0.962 bits per heavy atom. The summed E-state index contributed by atoms with van der Waals surface area (Å²) in [4.78, 5) is 39.3. The normalized spacial score (nSPS) is 12.2. The summed E-state index contributed by atoms with van der Waals surface area (Å²) >= 11 is 0. The Kier molecular flexibility index (Phi) is 23.3. The van der Waals surface area contributed by atoms with Gasteiger partial charge in [-0.2, -0.15) is 0 Å². The zero-order valence-electron chi connectivity index (χ0n) is 34.9. The lowest BCUT2D eigenvalue weighted by Gasteiger charge is -2.38. The SMILES string of the molecule is C=C.C=C(CCC(C)C)N1CCN(c2nc(-c3ccccc3)nc3cc(C)ccc23)CC1.C=CCN(C)C(=O)CC(C)(C)C.CC.CN(C)CC(=O)O.